The number of aromatic hydroxyl groups is 1. The van der Waals surface area contributed by atoms with Crippen LogP contribution in [-0.2, 0) is 0 Å². The molecule has 0 heterocycles. The molecule has 2 nitrogen and oxygen atoms in total. The minimum Gasteiger partial charge on any atom is -0.507 e. The predicted octanol–water partition coefficient (Wildman–Crippen LogP) is 4.18. The zero-order chi connectivity index (χ0) is 15.6. The normalized spacial score (nSPS) is 11.0. The number of carbonyl (C=O) groups excluding carboxylic acids is 1. The number of carbonyl (C=O) groups is 1. The lowest BCUT2D eigenvalue weighted by Gasteiger charge is -2.04. The van der Waals surface area contributed by atoms with Gasteiger partial charge in [0, 0.05) is 0 Å². The summed E-state index contributed by atoms with van der Waals surface area (Å²) >= 11 is 0. The molecule has 0 bridgehead atoms. The molecule has 0 aliphatic heterocycles. The topological polar surface area (TPSA) is 37.3 Å². The standard InChI is InChI=1S/C17H14F2O2/c1-10-7-12(8-11(2)17(10)21)3-6-16(20)14-9-13(18)4-5-15(14)19/h3-9,21H,1-2H3/b6-3+. The van der Waals surface area contributed by atoms with Gasteiger partial charge in [-0.15, -0.1) is 0 Å². The lowest BCUT2D eigenvalue weighted by atomic mass is 10.0. The lowest BCUT2D eigenvalue weighted by molar-refractivity contribution is 0.104. The molecule has 0 aliphatic carbocycles. The molecule has 0 radical (unpaired) electrons. The molecule has 2 rings (SSSR count). The van der Waals surface area contributed by atoms with Gasteiger partial charge in [-0.05, 0) is 66.9 Å². The number of aryl methyl sites for hydroxylation is 2. The highest BCUT2D eigenvalue weighted by Gasteiger charge is 2.10. The Kier molecular flexibility index (Phi) is 4.17. The number of phenolic OH excluding ortho intramolecular Hbond substituents is 1. The minimum absolute atomic E-state index is 0.203. The van der Waals surface area contributed by atoms with Crippen LogP contribution in [0.5, 0.6) is 5.75 Å². The summed E-state index contributed by atoms with van der Waals surface area (Å²) in [5.74, 6) is -1.83. The SMILES string of the molecule is Cc1cc(/C=C/C(=O)c2cc(F)ccc2F)cc(C)c1O. The molecule has 0 fully saturated rings. The Morgan fingerprint density at radius 2 is 1.71 bits per heavy atom. The van der Waals surface area contributed by atoms with Crippen molar-refractivity contribution in [1.29, 1.82) is 0 Å². The highest BCUT2D eigenvalue weighted by Crippen LogP contribution is 2.23. The van der Waals surface area contributed by atoms with Crippen molar-refractivity contribution in [2.45, 2.75) is 13.8 Å². The quantitative estimate of drug-likeness (QED) is 0.679. The van der Waals surface area contributed by atoms with Crippen molar-refractivity contribution in [1.82, 2.24) is 0 Å². The van der Waals surface area contributed by atoms with E-state index in [1.807, 2.05) is 0 Å². The highest BCUT2D eigenvalue weighted by molar-refractivity contribution is 6.07. The zero-order valence-electron chi connectivity index (χ0n) is 11.7. The maximum atomic E-state index is 13.5. The second kappa shape index (κ2) is 5.87. The molecule has 2 aromatic carbocycles. The summed E-state index contributed by atoms with van der Waals surface area (Å²) in [6, 6.07) is 6.16. The van der Waals surface area contributed by atoms with Crippen LogP contribution < -0.4 is 0 Å². The van der Waals surface area contributed by atoms with Crippen LogP contribution in [0.25, 0.3) is 6.08 Å². The number of ketones is 1. The molecule has 1 N–H and O–H groups in total. The van der Waals surface area contributed by atoms with E-state index in [2.05, 4.69) is 0 Å². The average Bonchev–Trinajstić information content (AvgIpc) is 2.44. The summed E-state index contributed by atoms with van der Waals surface area (Å²) in [5, 5.41) is 9.67. The molecule has 21 heavy (non-hydrogen) atoms. The van der Waals surface area contributed by atoms with Crippen molar-refractivity contribution < 1.29 is 18.7 Å². The lowest BCUT2D eigenvalue weighted by Crippen LogP contribution is -1.99. The number of halogens is 2. The third kappa shape index (κ3) is 3.34. The van der Waals surface area contributed by atoms with Gasteiger partial charge in [-0.2, -0.15) is 0 Å². The van der Waals surface area contributed by atoms with Crippen molar-refractivity contribution >= 4 is 11.9 Å². The predicted molar refractivity (Wildman–Crippen MR) is 77.3 cm³/mol. The van der Waals surface area contributed by atoms with Crippen LogP contribution >= 0.6 is 0 Å². The van der Waals surface area contributed by atoms with Crippen molar-refractivity contribution in [3.05, 3.63) is 70.3 Å². The molecule has 0 spiro atoms. The number of hydrogen-bond acceptors (Lipinski definition) is 2. The molecule has 0 unspecified atom stereocenters. The van der Waals surface area contributed by atoms with Gasteiger partial charge < -0.3 is 5.11 Å². The Hall–Kier alpha value is -2.49. The fraction of sp³-hybridized carbons (Fsp3) is 0.118. The average molecular weight is 288 g/mol. The van der Waals surface area contributed by atoms with Gasteiger partial charge >= 0.3 is 0 Å². The van der Waals surface area contributed by atoms with E-state index in [-0.39, 0.29) is 11.3 Å². The molecule has 0 amide bonds. The van der Waals surface area contributed by atoms with Gasteiger partial charge in [0.25, 0.3) is 0 Å². The van der Waals surface area contributed by atoms with E-state index in [0.29, 0.717) is 16.7 Å². The molecule has 2 aromatic rings. The Labute approximate surface area is 121 Å². The first kappa shape index (κ1) is 14.9. The molecule has 0 aromatic heterocycles. The monoisotopic (exact) mass is 288 g/mol. The molecule has 0 saturated heterocycles. The van der Waals surface area contributed by atoms with Crippen LogP contribution in [0.1, 0.15) is 27.0 Å². The fourth-order valence-electron chi connectivity index (χ4n) is 2.03. The van der Waals surface area contributed by atoms with E-state index in [0.717, 1.165) is 18.2 Å². The van der Waals surface area contributed by atoms with Crippen molar-refractivity contribution in [3.8, 4) is 5.75 Å². The van der Waals surface area contributed by atoms with Crippen molar-refractivity contribution in [3.63, 3.8) is 0 Å². The van der Waals surface area contributed by atoms with E-state index in [9.17, 15) is 18.7 Å². The van der Waals surface area contributed by atoms with E-state index < -0.39 is 17.4 Å². The first-order valence-corrected chi connectivity index (χ1v) is 6.36. The van der Waals surface area contributed by atoms with Crippen LogP contribution in [0.15, 0.2) is 36.4 Å². The Morgan fingerprint density at radius 3 is 2.33 bits per heavy atom. The number of hydrogen-bond donors (Lipinski definition) is 1. The Bertz CT molecular complexity index is 711. The maximum absolute atomic E-state index is 13.5. The minimum atomic E-state index is -0.760. The Balaban J connectivity index is 2.29. The van der Waals surface area contributed by atoms with E-state index in [1.54, 1.807) is 26.0 Å². The molecular weight excluding hydrogens is 274 g/mol. The molecule has 0 saturated carbocycles. The largest absolute Gasteiger partial charge is 0.507 e. The van der Waals surface area contributed by atoms with Gasteiger partial charge in [0.15, 0.2) is 5.78 Å². The summed E-state index contributed by atoms with van der Waals surface area (Å²) in [6.45, 7) is 3.49. The van der Waals surface area contributed by atoms with E-state index in [1.165, 1.54) is 12.2 Å². The Morgan fingerprint density at radius 1 is 1.10 bits per heavy atom. The van der Waals surface area contributed by atoms with Crippen molar-refractivity contribution in [2.24, 2.45) is 0 Å². The van der Waals surface area contributed by atoms with Gasteiger partial charge in [-0.3, -0.25) is 4.79 Å². The third-order valence-corrected chi connectivity index (χ3v) is 3.13. The smallest absolute Gasteiger partial charge is 0.188 e. The third-order valence-electron chi connectivity index (χ3n) is 3.13. The molecular formula is C17H14F2O2. The fourth-order valence-corrected chi connectivity index (χ4v) is 2.03. The van der Waals surface area contributed by atoms with Crippen molar-refractivity contribution in [2.75, 3.05) is 0 Å². The highest BCUT2D eigenvalue weighted by atomic mass is 19.1. The summed E-state index contributed by atoms with van der Waals surface area (Å²) in [7, 11) is 0. The van der Waals surface area contributed by atoms with Gasteiger partial charge in [0.2, 0.25) is 0 Å². The van der Waals surface area contributed by atoms with Crippen LogP contribution in [0.2, 0.25) is 0 Å². The van der Waals surface area contributed by atoms with Gasteiger partial charge in [-0.1, -0.05) is 6.08 Å². The van der Waals surface area contributed by atoms with Gasteiger partial charge in [0.1, 0.15) is 17.4 Å². The summed E-state index contributed by atoms with van der Waals surface area (Å²) in [6.07, 6.45) is 2.69. The van der Waals surface area contributed by atoms with Crippen LogP contribution in [0.3, 0.4) is 0 Å². The second-order valence-corrected chi connectivity index (χ2v) is 4.83. The first-order chi connectivity index (χ1) is 9.88. The number of benzene rings is 2. The summed E-state index contributed by atoms with van der Waals surface area (Å²) in [4.78, 5) is 11.9. The number of allylic oxidation sites excluding steroid dienone is 1. The number of rotatable bonds is 3. The van der Waals surface area contributed by atoms with E-state index >= 15 is 0 Å². The summed E-state index contributed by atoms with van der Waals surface area (Å²) in [5.41, 5.74) is 1.75. The number of phenols is 1. The van der Waals surface area contributed by atoms with Crippen LogP contribution in [-0.4, -0.2) is 10.9 Å². The molecule has 0 atom stereocenters. The zero-order valence-corrected chi connectivity index (χ0v) is 11.7. The second-order valence-electron chi connectivity index (χ2n) is 4.83. The van der Waals surface area contributed by atoms with Gasteiger partial charge in [-0.25, -0.2) is 8.78 Å². The van der Waals surface area contributed by atoms with Crippen LogP contribution in [0, 0.1) is 25.5 Å². The first-order valence-electron chi connectivity index (χ1n) is 6.36. The molecule has 4 heteroatoms. The maximum Gasteiger partial charge on any atom is 0.188 e. The van der Waals surface area contributed by atoms with E-state index in [4.69, 9.17) is 0 Å². The molecule has 0 aliphatic rings. The van der Waals surface area contributed by atoms with Gasteiger partial charge in [0.05, 0.1) is 5.56 Å². The summed E-state index contributed by atoms with van der Waals surface area (Å²) < 4.78 is 26.5. The van der Waals surface area contributed by atoms with Crippen LogP contribution in [0.4, 0.5) is 8.78 Å². The molecule has 108 valence electrons.